The molecule has 0 radical (unpaired) electrons. The standard InChI is InChI=1S/C17H25N3O3/c1-14(21)20-10-8-19(9-11-20)13-17(22)18(2)12-15-4-6-16(23-3)7-5-15/h4-7H,8-13H2,1-3H3. The third kappa shape index (κ3) is 4.96. The molecule has 6 nitrogen and oxygen atoms in total. The minimum absolute atomic E-state index is 0.0945. The number of rotatable bonds is 5. The molecule has 0 N–H and O–H groups in total. The molecule has 1 fully saturated rings. The fourth-order valence-corrected chi connectivity index (χ4v) is 2.63. The number of hydrogen-bond acceptors (Lipinski definition) is 4. The van der Waals surface area contributed by atoms with Crippen LogP contribution in [0.5, 0.6) is 5.75 Å². The number of hydrogen-bond donors (Lipinski definition) is 0. The van der Waals surface area contributed by atoms with Crippen LogP contribution in [-0.4, -0.2) is 73.4 Å². The van der Waals surface area contributed by atoms with E-state index in [2.05, 4.69) is 4.90 Å². The smallest absolute Gasteiger partial charge is 0.236 e. The molecule has 1 aromatic carbocycles. The molecule has 1 saturated heterocycles. The first-order chi connectivity index (χ1) is 11.0. The molecule has 0 aliphatic carbocycles. The number of methoxy groups -OCH3 is 1. The van der Waals surface area contributed by atoms with Gasteiger partial charge in [0, 0.05) is 46.7 Å². The van der Waals surface area contributed by atoms with Crippen LogP contribution in [-0.2, 0) is 16.1 Å². The van der Waals surface area contributed by atoms with Crippen LogP contribution in [0.15, 0.2) is 24.3 Å². The summed E-state index contributed by atoms with van der Waals surface area (Å²) in [5.41, 5.74) is 1.07. The third-order valence-electron chi connectivity index (χ3n) is 4.18. The number of carbonyl (C=O) groups excluding carboxylic acids is 2. The van der Waals surface area contributed by atoms with E-state index in [4.69, 9.17) is 4.74 Å². The number of piperazine rings is 1. The lowest BCUT2D eigenvalue weighted by Crippen LogP contribution is -2.50. The third-order valence-corrected chi connectivity index (χ3v) is 4.18. The summed E-state index contributed by atoms with van der Waals surface area (Å²) < 4.78 is 5.13. The average Bonchev–Trinajstić information content (AvgIpc) is 2.56. The Balaban J connectivity index is 1.79. The van der Waals surface area contributed by atoms with Crippen LogP contribution < -0.4 is 4.74 Å². The number of amides is 2. The van der Waals surface area contributed by atoms with Gasteiger partial charge in [-0.1, -0.05) is 12.1 Å². The van der Waals surface area contributed by atoms with Crippen LogP contribution in [0.2, 0.25) is 0 Å². The molecule has 0 spiro atoms. The molecule has 0 atom stereocenters. The maximum absolute atomic E-state index is 12.3. The second-order valence-corrected chi connectivity index (χ2v) is 5.88. The minimum Gasteiger partial charge on any atom is -0.497 e. The van der Waals surface area contributed by atoms with Gasteiger partial charge >= 0.3 is 0 Å². The first kappa shape index (κ1) is 17.3. The molecule has 1 aliphatic rings. The Hall–Kier alpha value is -2.08. The molecule has 1 aromatic rings. The SMILES string of the molecule is COc1ccc(CN(C)C(=O)CN2CCN(C(C)=O)CC2)cc1. The Morgan fingerprint density at radius 3 is 2.26 bits per heavy atom. The summed E-state index contributed by atoms with van der Waals surface area (Å²) >= 11 is 0. The number of benzene rings is 1. The summed E-state index contributed by atoms with van der Waals surface area (Å²) in [4.78, 5) is 29.3. The quantitative estimate of drug-likeness (QED) is 0.806. The number of likely N-dealkylation sites (N-methyl/N-ethyl adjacent to an activating group) is 1. The molecule has 126 valence electrons. The molecular weight excluding hydrogens is 294 g/mol. The molecule has 2 rings (SSSR count). The summed E-state index contributed by atoms with van der Waals surface area (Å²) in [5.74, 6) is 1.01. The van der Waals surface area contributed by atoms with E-state index in [-0.39, 0.29) is 11.8 Å². The Morgan fingerprint density at radius 1 is 1.13 bits per heavy atom. The van der Waals surface area contributed by atoms with Crippen molar-refractivity contribution in [3.8, 4) is 5.75 Å². The van der Waals surface area contributed by atoms with E-state index in [0.717, 1.165) is 24.4 Å². The van der Waals surface area contributed by atoms with Crippen LogP contribution in [0.25, 0.3) is 0 Å². The van der Waals surface area contributed by atoms with Crippen molar-refractivity contribution < 1.29 is 14.3 Å². The van der Waals surface area contributed by atoms with Gasteiger partial charge in [0.15, 0.2) is 0 Å². The highest BCUT2D eigenvalue weighted by atomic mass is 16.5. The van der Waals surface area contributed by atoms with E-state index in [0.29, 0.717) is 26.2 Å². The highest BCUT2D eigenvalue weighted by Gasteiger charge is 2.21. The van der Waals surface area contributed by atoms with Gasteiger partial charge in [-0.2, -0.15) is 0 Å². The van der Waals surface area contributed by atoms with Crippen LogP contribution in [0.1, 0.15) is 12.5 Å². The summed E-state index contributed by atoms with van der Waals surface area (Å²) in [6.07, 6.45) is 0. The van der Waals surface area contributed by atoms with Crippen molar-refractivity contribution in [1.82, 2.24) is 14.7 Å². The Bertz CT molecular complexity index is 537. The molecule has 0 bridgehead atoms. The second-order valence-electron chi connectivity index (χ2n) is 5.88. The van der Waals surface area contributed by atoms with Crippen molar-refractivity contribution in [1.29, 1.82) is 0 Å². The van der Waals surface area contributed by atoms with Gasteiger partial charge in [-0.05, 0) is 17.7 Å². The van der Waals surface area contributed by atoms with E-state index >= 15 is 0 Å². The van der Waals surface area contributed by atoms with Gasteiger partial charge in [-0.25, -0.2) is 0 Å². The van der Waals surface area contributed by atoms with Gasteiger partial charge in [0.25, 0.3) is 0 Å². The summed E-state index contributed by atoms with van der Waals surface area (Å²) in [5, 5.41) is 0. The first-order valence-corrected chi connectivity index (χ1v) is 7.84. The fourth-order valence-electron chi connectivity index (χ4n) is 2.63. The van der Waals surface area contributed by atoms with Crippen molar-refractivity contribution in [2.75, 3.05) is 46.9 Å². The minimum atomic E-state index is 0.0945. The predicted octanol–water partition coefficient (Wildman–Crippen LogP) is 0.818. The summed E-state index contributed by atoms with van der Waals surface area (Å²) in [6.45, 7) is 5.47. The van der Waals surface area contributed by atoms with E-state index in [1.807, 2.05) is 36.2 Å². The predicted molar refractivity (Wildman–Crippen MR) is 88.2 cm³/mol. The number of nitrogens with zero attached hydrogens (tertiary/aromatic N) is 3. The second kappa shape index (κ2) is 7.97. The molecule has 0 saturated carbocycles. The van der Waals surface area contributed by atoms with Crippen LogP contribution >= 0.6 is 0 Å². The van der Waals surface area contributed by atoms with Crippen LogP contribution in [0.3, 0.4) is 0 Å². The Morgan fingerprint density at radius 2 is 1.74 bits per heavy atom. The van der Waals surface area contributed by atoms with Gasteiger partial charge in [0.2, 0.25) is 11.8 Å². The lowest BCUT2D eigenvalue weighted by molar-refractivity contribution is -0.133. The van der Waals surface area contributed by atoms with Gasteiger partial charge in [0.05, 0.1) is 13.7 Å². The van der Waals surface area contributed by atoms with Gasteiger partial charge < -0.3 is 14.5 Å². The zero-order valence-electron chi connectivity index (χ0n) is 14.1. The zero-order chi connectivity index (χ0) is 16.8. The van der Waals surface area contributed by atoms with Crippen LogP contribution in [0.4, 0.5) is 0 Å². The number of ether oxygens (including phenoxy) is 1. The maximum Gasteiger partial charge on any atom is 0.236 e. The molecule has 0 unspecified atom stereocenters. The lowest BCUT2D eigenvalue weighted by atomic mass is 10.2. The average molecular weight is 319 g/mol. The number of carbonyl (C=O) groups is 2. The van der Waals surface area contributed by atoms with Crippen molar-refractivity contribution >= 4 is 11.8 Å². The zero-order valence-corrected chi connectivity index (χ0v) is 14.1. The van der Waals surface area contributed by atoms with Gasteiger partial charge in [-0.15, -0.1) is 0 Å². The van der Waals surface area contributed by atoms with Crippen molar-refractivity contribution in [2.24, 2.45) is 0 Å². The van der Waals surface area contributed by atoms with Gasteiger partial charge in [-0.3, -0.25) is 14.5 Å². The molecule has 0 aromatic heterocycles. The van der Waals surface area contributed by atoms with Gasteiger partial charge in [0.1, 0.15) is 5.75 Å². The Kier molecular flexibility index (Phi) is 5.98. The largest absolute Gasteiger partial charge is 0.497 e. The fraction of sp³-hybridized carbons (Fsp3) is 0.529. The molecule has 2 amide bonds. The topological polar surface area (TPSA) is 53.1 Å². The Labute approximate surface area is 137 Å². The highest BCUT2D eigenvalue weighted by molar-refractivity contribution is 5.78. The van der Waals surface area contributed by atoms with E-state index < -0.39 is 0 Å². The van der Waals surface area contributed by atoms with E-state index in [1.165, 1.54) is 0 Å². The molecule has 6 heteroatoms. The molecule has 1 heterocycles. The molecule has 1 aliphatic heterocycles. The van der Waals surface area contributed by atoms with Crippen molar-refractivity contribution in [2.45, 2.75) is 13.5 Å². The monoisotopic (exact) mass is 319 g/mol. The summed E-state index contributed by atoms with van der Waals surface area (Å²) in [7, 11) is 3.45. The summed E-state index contributed by atoms with van der Waals surface area (Å²) in [6, 6.07) is 7.73. The molecular formula is C17H25N3O3. The van der Waals surface area contributed by atoms with E-state index in [9.17, 15) is 9.59 Å². The van der Waals surface area contributed by atoms with E-state index in [1.54, 1.807) is 18.9 Å². The first-order valence-electron chi connectivity index (χ1n) is 7.84. The normalized spacial score (nSPS) is 15.3. The van der Waals surface area contributed by atoms with Crippen LogP contribution in [0, 0.1) is 0 Å². The van der Waals surface area contributed by atoms with Crippen molar-refractivity contribution in [3.05, 3.63) is 29.8 Å². The van der Waals surface area contributed by atoms with Crippen molar-refractivity contribution in [3.63, 3.8) is 0 Å². The molecule has 23 heavy (non-hydrogen) atoms. The lowest BCUT2D eigenvalue weighted by Gasteiger charge is -2.34. The maximum atomic E-state index is 12.3. The highest BCUT2D eigenvalue weighted by Crippen LogP contribution is 2.13.